The summed E-state index contributed by atoms with van der Waals surface area (Å²) in [4.78, 5) is 0. The molecule has 0 saturated carbocycles. The molecule has 0 radical (unpaired) electrons. The summed E-state index contributed by atoms with van der Waals surface area (Å²) >= 11 is 0. The molecule has 2 heteroatoms. The van der Waals surface area contributed by atoms with E-state index >= 15 is 0 Å². The molecule has 0 amide bonds. The Morgan fingerprint density at radius 3 is 2.25 bits per heavy atom. The van der Waals surface area contributed by atoms with Gasteiger partial charge in [0.1, 0.15) is 5.76 Å². The smallest absolute Gasteiger partial charge is 0.105 e. The topological polar surface area (TPSA) is 25.2 Å². The first kappa shape index (κ1) is 14.9. The van der Waals surface area contributed by atoms with Crippen LogP contribution in [0.15, 0.2) is 28.9 Å². The Morgan fingerprint density at radius 2 is 1.75 bits per heavy atom. The third-order valence-corrected chi connectivity index (χ3v) is 3.97. The van der Waals surface area contributed by atoms with Crippen LogP contribution in [0, 0.1) is 27.7 Å². The highest BCUT2D eigenvalue weighted by atomic mass is 16.3. The Morgan fingerprint density at radius 1 is 1.10 bits per heavy atom. The summed E-state index contributed by atoms with van der Waals surface area (Å²) in [6.07, 6.45) is 2.79. The highest BCUT2D eigenvalue weighted by molar-refractivity contribution is 5.39. The lowest BCUT2D eigenvalue weighted by molar-refractivity contribution is 0.501. The Balaban J connectivity index is 2.32. The molecule has 108 valence electrons. The highest BCUT2D eigenvalue weighted by Gasteiger charge is 2.17. The van der Waals surface area contributed by atoms with Gasteiger partial charge in [-0.3, -0.25) is 0 Å². The Hall–Kier alpha value is -1.54. The number of likely N-dealkylation sites (N-methyl/N-ethyl adjacent to an activating group) is 1. The molecule has 2 nitrogen and oxygen atoms in total. The van der Waals surface area contributed by atoms with Crippen LogP contribution in [0.5, 0.6) is 0 Å². The maximum Gasteiger partial charge on any atom is 0.105 e. The predicted octanol–water partition coefficient (Wildman–Crippen LogP) is 4.41. The average molecular weight is 271 g/mol. The molecule has 0 fully saturated rings. The molecule has 0 aliphatic heterocycles. The number of nitrogens with one attached hydrogen (secondary N) is 1. The molecule has 0 aliphatic carbocycles. The van der Waals surface area contributed by atoms with Crippen molar-refractivity contribution in [2.24, 2.45) is 0 Å². The highest BCUT2D eigenvalue weighted by Crippen LogP contribution is 2.26. The molecule has 1 heterocycles. The fourth-order valence-electron chi connectivity index (χ4n) is 3.03. The summed E-state index contributed by atoms with van der Waals surface area (Å²) in [5.41, 5.74) is 6.81. The molecule has 0 bridgehead atoms. The van der Waals surface area contributed by atoms with E-state index in [9.17, 15) is 0 Å². The Labute approximate surface area is 122 Å². The van der Waals surface area contributed by atoms with Crippen LogP contribution >= 0.6 is 0 Å². The molecule has 1 aromatic carbocycles. The van der Waals surface area contributed by atoms with Crippen LogP contribution in [0.1, 0.15) is 46.5 Å². The fourth-order valence-corrected chi connectivity index (χ4v) is 3.03. The van der Waals surface area contributed by atoms with Gasteiger partial charge in [0.2, 0.25) is 0 Å². The zero-order valence-electron chi connectivity index (χ0n) is 13.2. The minimum atomic E-state index is 0.318. The monoisotopic (exact) mass is 271 g/mol. The molecule has 0 spiro atoms. The van der Waals surface area contributed by atoms with E-state index in [1.54, 1.807) is 6.26 Å². The summed E-state index contributed by atoms with van der Waals surface area (Å²) in [7, 11) is 0. The van der Waals surface area contributed by atoms with E-state index in [1.165, 1.54) is 27.8 Å². The standard InChI is InChI=1S/C18H25NO/c1-6-19-18(16-7-8-20-15(16)5)11-17-13(3)9-12(2)10-14(17)4/h7-10,18-19H,6,11H2,1-5H3. The van der Waals surface area contributed by atoms with Crippen LogP contribution in [0.4, 0.5) is 0 Å². The van der Waals surface area contributed by atoms with Gasteiger partial charge >= 0.3 is 0 Å². The Kier molecular flexibility index (Phi) is 4.66. The van der Waals surface area contributed by atoms with Crippen molar-refractivity contribution in [3.05, 3.63) is 58.0 Å². The van der Waals surface area contributed by atoms with Crippen molar-refractivity contribution in [3.8, 4) is 0 Å². The normalized spacial score (nSPS) is 12.7. The summed E-state index contributed by atoms with van der Waals surface area (Å²) in [5.74, 6) is 1.01. The predicted molar refractivity (Wildman–Crippen MR) is 84.2 cm³/mol. The van der Waals surface area contributed by atoms with Crippen LogP contribution in [-0.4, -0.2) is 6.54 Å². The summed E-state index contributed by atoms with van der Waals surface area (Å²) in [5, 5.41) is 3.58. The van der Waals surface area contributed by atoms with Gasteiger partial charge in [-0.25, -0.2) is 0 Å². The second-order valence-electron chi connectivity index (χ2n) is 5.62. The number of benzene rings is 1. The maximum atomic E-state index is 5.47. The van der Waals surface area contributed by atoms with Crippen molar-refractivity contribution >= 4 is 0 Å². The van der Waals surface area contributed by atoms with Crippen LogP contribution in [0.2, 0.25) is 0 Å². The van der Waals surface area contributed by atoms with Crippen LogP contribution in [0.25, 0.3) is 0 Å². The molecule has 1 N–H and O–H groups in total. The lowest BCUT2D eigenvalue weighted by Crippen LogP contribution is -2.23. The molecule has 1 unspecified atom stereocenters. The van der Waals surface area contributed by atoms with E-state index in [4.69, 9.17) is 4.42 Å². The fraction of sp³-hybridized carbons (Fsp3) is 0.444. The molecular formula is C18H25NO. The van der Waals surface area contributed by atoms with Crippen LogP contribution < -0.4 is 5.32 Å². The van der Waals surface area contributed by atoms with Crippen molar-refractivity contribution < 1.29 is 4.42 Å². The van der Waals surface area contributed by atoms with Gasteiger partial charge in [-0.2, -0.15) is 0 Å². The largest absolute Gasteiger partial charge is 0.469 e. The zero-order chi connectivity index (χ0) is 14.7. The van der Waals surface area contributed by atoms with E-state index in [2.05, 4.69) is 51.2 Å². The molecule has 2 rings (SSSR count). The lowest BCUT2D eigenvalue weighted by Gasteiger charge is -2.20. The van der Waals surface area contributed by atoms with Crippen molar-refractivity contribution in [2.45, 2.75) is 47.1 Å². The number of rotatable bonds is 5. The van der Waals surface area contributed by atoms with Crippen molar-refractivity contribution in [3.63, 3.8) is 0 Å². The number of hydrogen-bond acceptors (Lipinski definition) is 2. The molecule has 20 heavy (non-hydrogen) atoms. The molecule has 1 atom stereocenters. The van der Waals surface area contributed by atoms with Gasteiger partial charge < -0.3 is 9.73 Å². The number of aryl methyl sites for hydroxylation is 4. The van der Waals surface area contributed by atoms with Crippen molar-refractivity contribution in [2.75, 3.05) is 6.54 Å². The average Bonchev–Trinajstić information content (AvgIpc) is 2.78. The third-order valence-electron chi connectivity index (χ3n) is 3.97. The van der Waals surface area contributed by atoms with E-state index < -0.39 is 0 Å². The molecule has 1 aromatic heterocycles. The first-order valence-corrected chi connectivity index (χ1v) is 7.37. The van der Waals surface area contributed by atoms with Gasteiger partial charge in [-0.1, -0.05) is 24.6 Å². The SMILES string of the molecule is CCNC(Cc1c(C)cc(C)cc1C)c1ccoc1C. The summed E-state index contributed by atoms with van der Waals surface area (Å²) in [6, 6.07) is 6.95. The second-order valence-corrected chi connectivity index (χ2v) is 5.62. The molecule has 2 aromatic rings. The van der Waals surface area contributed by atoms with Gasteiger partial charge in [0.05, 0.1) is 6.26 Å². The van der Waals surface area contributed by atoms with E-state index in [0.717, 1.165) is 18.7 Å². The zero-order valence-corrected chi connectivity index (χ0v) is 13.2. The van der Waals surface area contributed by atoms with Crippen LogP contribution in [0.3, 0.4) is 0 Å². The maximum absolute atomic E-state index is 5.47. The molecular weight excluding hydrogens is 246 g/mol. The lowest BCUT2D eigenvalue weighted by atomic mass is 9.92. The van der Waals surface area contributed by atoms with E-state index in [1.807, 2.05) is 6.92 Å². The summed E-state index contributed by atoms with van der Waals surface area (Å²) < 4.78 is 5.47. The van der Waals surface area contributed by atoms with E-state index in [-0.39, 0.29) is 0 Å². The third kappa shape index (κ3) is 3.13. The first-order chi connectivity index (χ1) is 9.52. The van der Waals surface area contributed by atoms with Gasteiger partial charge in [0, 0.05) is 11.6 Å². The minimum absolute atomic E-state index is 0.318. The van der Waals surface area contributed by atoms with Crippen LogP contribution in [-0.2, 0) is 6.42 Å². The molecule has 0 saturated heterocycles. The summed E-state index contributed by atoms with van der Waals surface area (Å²) in [6.45, 7) is 11.7. The van der Waals surface area contributed by atoms with Gasteiger partial charge in [-0.15, -0.1) is 0 Å². The van der Waals surface area contributed by atoms with Crippen molar-refractivity contribution in [1.29, 1.82) is 0 Å². The quantitative estimate of drug-likeness (QED) is 0.871. The second kappa shape index (κ2) is 6.27. The molecule has 0 aliphatic rings. The van der Waals surface area contributed by atoms with Gasteiger partial charge in [-0.05, 0) is 63.4 Å². The first-order valence-electron chi connectivity index (χ1n) is 7.37. The van der Waals surface area contributed by atoms with Gasteiger partial charge in [0.15, 0.2) is 0 Å². The van der Waals surface area contributed by atoms with Gasteiger partial charge in [0.25, 0.3) is 0 Å². The van der Waals surface area contributed by atoms with E-state index in [0.29, 0.717) is 6.04 Å². The minimum Gasteiger partial charge on any atom is -0.469 e. The van der Waals surface area contributed by atoms with Crippen molar-refractivity contribution in [1.82, 2.24) is 5.32 Å². The number of hydrogen-bond donors (Lipinski definition) is 1. The number of furan rings is 1. The Bertz CT molecular complexity index is 560.